The van der Waals surface area contributed by atoms with Gasteiger partial charge in [0.2, 0.25) is 0 Å². The van der Waals surface area contributed by atoms with Crippen molar-refractivity contribution in [3.63, 3.8) is 0 Å². The third-order valence-corrected chi connectivity index (χ3v) is 4.62. The Morgan fingerprint density at radius 3 is 2.78 bits per heavy atom. The Morgan fingerprint density at radius 1 is 1.39 bits per heavy atom. The second kappa shape index (κ2) is 6.67. The van der Waals surface area contributed by atoms with Gasteiger partial charge in [0.25, 0.3) is 5.56 Å². The normalized spacial score (nSPS) is 14.6. The fraction of sp³-hybridized carbons (Fsp3) is 0.500. The van der Waals surface area contributed by atoms with E-state index in [9.17, 15) is 9.90 Å². The predicted molar refractivity (Wildman–Crippen MR) is 92.4 cm³/mol. The van der Waals surface area contributed by atoms with Crippen molar-refractivity contribution in [2.45, 2.75) is 39.3 Å². The molecule has 0 spiro atoms. The summed E-state index contributed by atoms with van der Waals surface area (Å²) in [6.07, 6.45) is 3.25. The summed E-state index contributed by atoms with van der Waals surface area (Å²) in [6, 6.07) is 1.39. The molecular weight excluding hydrogens is 337 g/mol. The molecule has 0 atom stereocenters. The first-order chi connectivity index (χ1) is 11.0. The molecule has 23 heavy (non-hydrogen) atoms. The summed E-state index contributed by atoms with van der Waals surface area (Å²) in [7, 11) is 0. The first-order valence-electron chi connectivity index (χ1n) is 7.84. The highest BCUT2D eigenvalue weighted by Gasteiger charge is 2.25. The number of hydrogen-bond acceptors (Lipinski definition) is 4. The van der Waals surface area contributed by atoms with Crippen molar-refractivity contribution < 1.29 is 5.11 Å². The molecule has 1 heterocycles. The molecule has 1 fully saturated rings. The van der Waals surface area contributed by atoms with Crippen LogP contribution >= 0.6 is 23.2 Å². The minimum atomic E-state index is -0.216. The van der Waals surface area contributed by atoms with E-state index in [1.807, 2.05) is 0 Å². The molecule has 5 nitrogen and oxygen atoms in total. The number of phenols is 1. The summed E-state index contributed by atoms with van der Waals surface area (Å²) < 4.78 is 1.68. The fourth-order valence-corrected chi connectivity index (χ4v) is 3.14. The van der Waals surface area contributed by atoms with E-state index < -0.39 is 0 Å². The van der Waals surface area contributed by atoms with Crippen LogP contribution in [0.1, 0.15) is 32.0 Å². The average molecular weight is 356 g/mol. The maximum absolute atomic E-state index is 12.9. The summed E-state index contributed by atoms with van der Waals surface area (Å²) in [5, 5.41) is 14.0. The molecule has 1 aliphatic rings. The highest BCUT2D eigenvalue weighted by Crippen LogP contribution is 2.35. The Morgan fingerprint density at radius 2 is 2.13 bits per heavy atom. The second-order valence-electron chi connectivity index (χ2n) is 5.98. The number of nitrogens with one attached hydrogen (secondary N) is 1. The standard InChI is InChI=1S/C16H19Cl2N3O2/c1-2-5-19-7-12-20-14-13(10(17)6-11(18)15(14)22)16(23)21(12)8-9-3-4-9/h6,9,19,22H,2-5,7-8H2,1H3. The Labute approximate surface area is 144 Å². The molecule has 2 aromatic rings. The van der Waals surface area contributed by atoms with E-state index in [0.717, 1.165) is 25.8 Å². The van der Waals surface area contributed by atoms with Gasteiger partial charge in [-0.1, -0.05) is 30.1 Å². The maximum atomic E-state index is 12.9. The number of rotatable bonds is 6. The van der Waals surface area contributed by atoms with Gasteiger partial charge in [0, 0.05) is 6.54 Å². The molecule has 3 rings (SSSR count). The van der Waals surface area contributed by atoms with Crippen LogP contribution in [0.2, 0.25) is 10.0 Å². The van der Waals surface area contributed by atoms with Crippen molar-refractivity contribution in [3.8, 4) is 5.75 Å². The number of aromatic nitrogens is 2. The zero-order chi connectivity index (χ0) is 16.6. The Balaban J connectivity index is 2.17. The van der Waals surface area contributed by atoms with Gasteiger partial charge in [-0.25, -0.2) is 4.98 Å². The predicted octanol–water partition coefficient (Wildman–Crippen LogP) is 3.32. The van der Waals surface area contributed by atoms with Crippen molar-refractivity contribution in [3.05, 3.63) is 32.3 Å². The van der Waals surface area contributed by atoms with Gasteiger partial charge in [-0.15, -0.1) is 0 Å². The summed E-state index contributed by atoms with van der Waals surface area (Å²) in [4.78, 5) is 17.4. The summed E-state index contributed by atoms with van der Waals surface area (Å²) in [6.45, 7) is 4.02. The smallest absolute Gasteiger partial charge is 0.263 e. The van der Waals surface area contributed by atoms with E-state index in [0.29, 0.717) is 24.8 Å². The van der Waals surface area contributed by atoms with Crippen LogP contribution < -0.4 is 10.9 Å². The van der Waals surface area contributed by atoms with E-state index >= 15 is 0 Å². The van der Waals surface area contributed by atoms with Gasteiger partial charge < -0.3 is 10.4 Å². The van der Waals surface area contributed by atoms with Crippen molar-refractivity contribution in [2.24, 2.45) is 5.92 Å². The zero-order valence-electron chi connectivity index (χ0n) is 12.9. The number of benzene rings is 1. The molecule has 0 amide bonds. The molecule has 1 aliphatic carbocycles. The summed E-state index contributed by atoms with van der Waals surface area (Å²) in [5.74, 6) is 0.937. The Bertz CT molecular complexity index is 800. The molecule has 1 saturated carbocycles. The lowest BCUT2D eigenvalue weighted by molar-refractivity contribution is 0.478. The van der Waals surface area contributed by atoms with E-state index in [2.05, 4.69) is 17.2 Å². The van der Waals surface area contributed by atoms with E-state index in [4.69, 9.17) is 23.2 Å². The molecule has 0 bridgehead atoms. The first kappa shape index (κ1) is 16.6. The lowest BCUT2D eigenvalue weighted by Crippen LogP contribution is -2.29. The maximum Gasteiger partial charge on any atom is 0.263 e. The minimum absolute atomic E-state index is 0.0989. The van der Waals surface area contributed by atoms with Gasteiger partial charge in [0.15, 0.2) is 5.75 Å². The monoisotopic (exact) mass is 355 g/mol. The summed E-state index contributed by atoms with van der Waals surface area (Å²) >= 11 is 12.1. The summed E-state index contributed by atoms with van der Waals surface area (Å²) in [5.41, 5.74) is -0.0417. The van der Waals surface area contributed by atoms with Crippen LogP contribution in [0, 0.1) is 5.92 Å². The molecule has 0 unspecified atom stereocenters. The topological polar surface area (TPSA) is 67.2 Å². The highest BCUT2D eigenvalue weighted by molar-refractivity contribution is 6.39. The van der Waals surface area contributed by atoms with Gasteiger partial charge in [0.1, 0.15) is 11.3 Å². The second-order valence-corrected chi connectivity index (χ2v) is 6.79. The molecule has 1 aromatic carbocycles. The van der Waals surface area contributed by atoms with Gasteiger partial charge in [-0.2, -0.15) is 0 Å². The lowest BCUT2D eigenvalue weighted by Gasteiger charge is -2.15. The molecule has 2 N–H and O–H groups in total. The molecular formula is C16H19Cl2N3O2. The molecule has 7 heteroatoms. The van der Waals surface area contributed by atoms with Gasteiger partial charge in [0.05, 0.1) is 22.0 Å². The zero-order valence-corrected chi connectivity index (χ0v) is 14.4. The molecule has 0 saturated heterocycles. The Hall–Kier alpha value is -1.30. The number of halogens is 2. The highest BCUT2D eigenvalue weighted by atomic mass is 35.5. The van der Waals surface area contributed by atoms with E-state index in [-0.39, 0.29) is 32.3 Å². The minimum Gasteiger partial charge on any atom is -0.504 e. The van der Waals surface area contributed by atoms with Crippen molar-refractivity contribution in [1.82, 2.24) is 14.9 Å². The van der Waals surface area contributed by atoms with Crippen molar-refractivity contribution in [2.75, 3.05) is 6.54 Å². The Kier molecular flexibility index (Phi) is 4.80. The number of hydrogen-bond donors (Lipinski definition) is 2. The number of fused-ring (bicyclic) bond motifs is 1. The van der Waals surface area contributed by atoms with Crippen LogP contribution in [0.5, 0.6) is 5.75 Å². The van der Waals surface area contributed by atoms with Crippen LogP contribution in [-0.4, -0.2) is 21.2 Å². The third-order valence-electron chi connectivity index (χ3n) is 4.04. The largest absolute Gasteiger partial charge is 0.504 e. The fourth-order valence-electron chi connectivity index (χ4n) is 2.61. The van der Waals surface area contributed by atoms with Crippen LogP contribution in [0.3, 0.4) is 0 Å². The number of nitrogens with zero attached hydrogens (tertiary/aromatic N) is 2. The van der Waals surface area contributed by atoms with Crippen LogP contribution in [0.4, 0.5) is 0 Å². The quantitative estimate of drug-likeness (QED) is 0.780. The van der Waals surface area contributed by atoms with Crippen molar-refractivity contribution in [1.29, 1.82) is 0 Å². The number of aromatic hydroxyl groups is 1. The van der Waals surface area contributed by atoms with E-state index in [1.165, 1.54) is 6.07 Å². The van der Waals surface area contributed by atoms with Crippen LogP contribution in [0.25, 0.3) is 10.9 Å². The van der Waals surface area contributed by atoms with Crippen LogP contribution in [-0.2, 0) is 13.1 Å². The number of phenolic OH excluding ortho intramolecular Hbond substituents is 1. The van der Waals surface area contributed by atoms with Crippen LogP contribution in [0.15, 0.2) is 10.9 Å². The van der Waals surface area contributed by atoms with Gasteiger partial charge in [-0.05, 0) is 37.8 Å². The van der Waals surface area contributed by atoms with Gasteiger partial charge >= 0.3 is 0 Å². The first-order valence-corrected chi connectivity index (χ1v) is 8.59. The molecule has 1 aromatic heterocycles. The molecule has 124 valence electrons. The van der Waals surface area contributed by atoms with Crippen molar-refractivity contribution >= 4 is 34.1 Å². The third kappa shape index (κ3) is 3.32. The molecule has 0 aliphatic heterocycles. The SMILES string of the molecule is CCCNCc1nc2c(O)c(Cl)cc(Cl)c2c(=O)n1CC1CC1. The average Bonchev–Trinajstić information content (AvgIpc) is 3.32. The lowest BCUT2D eigenvalue weighted by atomic mass is 10.2. The van der Waals surface area contributed by atoms with E-state index in [1.54, 1.807) is 4.57 Å². The van der Waals surface area contributed by atoms with Gasteiger partial charge in [-0.3, -0.25) is 9.36 Å². The molecule has 0 radical (unpaired) electrons.